The van der Waals surface area contributed by atoms with Gasteiger partial charge in [0.05, 0.1) is 5.75 Å². The van der Waals surface area contributed by atoms with Crippen LogP contribution in [0.4, 0.5) is 0 Å². The Morgan fingerprint density at radius 1 is 1.33 bits per heavy atom. The molecule has 56 valence electrons. The molecule has 0 aromatic heterocycles. The first-order valence-electron chi connectivity index (χ1n) is 2.04. The molecule has 0 saturated heterocycles. The molecule has 0 spiro atoms. The Morgan fingerprint density at radius 2 is 1.89 bits per heavy atom. The van der Waals surface area contributed by atoms with E-state index in [1.54, 1.807) is 0 Å². The van der Waals surface area contributed by atoms with Crippen molar-refractivity contribution >= 4 is 22.3 Å². The van der Waals surface area contributed by atoms with Gasteiger partial charge in [0.2, 0.25) is 11.3 Å². The third-order valence-corrected chi connectivity index (χ3v) is 1.51. The molecule has 0 aliphatic carbocycles. The van der Waals surface area contributed by atoms with Gasteiger partial charge in [-0.25, -0.2) is 13.1 Å². The second kappa shape index (κ2) is 5.00. The molecular formula is C2H7NO4S2. The predicted molar refractivity (Wildman–Crippen MR) is 34.4 cm³/mol. The van der Waals surface area contributed by atoms with Gasteiger partial charge in [-0.1, -0.05) is 0 Å². The zero-order valence-corrected chi connectivity index (χ0v) is 6.07. The van der Waals surface area contributed by atoms with E-state index < -0.39 is 22.3 Å². The molecule has 5 nitrogen and oxygen atoms in total. The molecule has 0 rings (SSSR count). The summed E-state index contributed by atoms with van der Waals surface area (Å²) < 4.78 is 37.9. The Kier molecular flexibility index (Phi) is 5.10. The Labute approximate surface area is 57.5 Å². The van der Waals surface area contributed by atoms with Crippen molar-refractivity contribution in [3.8, 4) is 0 Å². The van der Waals surface area contributed by atoms with E-state index in [1.807, 2.05) is 0 Å². The second-order valence-corrected chi connectivity index (χ2v) is 3.01. The van der Waals surface area contributed by atoms with Gasteiger partial charge in [-0.05, 0) is 0 Å². The Bertz CT molecular complexity index is 112. The molecule has 2 unspecified atom stereocenters. The molecule has 9 heavy (non-hydrogen) atoms. The minimum absolute atomic E-state index is 0.0354. The summed E-state index contributed by atoms with van der Waals surface area (Å²) in [4.78, 5) is 0. The largest absolute Gasteiger partial charge is 0.306 e. The van der Waals surface area contributed by atoms with E-state index >= 15 is 0 Å². The standard InChI is InChI=1S/C2H7NO4S2/c4-8(5)2-1-3-9(6)7/h3H,1-2H2,(H,4,5)(H,6,7). The minimum Gasteiger partial charge on any atom is -0.306 e. The third kappa shape index (κ3) is 8.18. The molecule has 0 aliphatic heterocycles. The lowest BCUT2D eigenvalue weighted by Gasteiger charge is -1.93. The van der Waals surface area contributed by atoms with Crippen molar-refractivity contribution in [3.63, 3.8) is 0 Å². The number of hydrogen-bond acceptors (Lipinski definition) is 2. The molecule has 0 radical (unpaired) electrons. The van der Waals surface area contributed by atoms with Gasteiger partial charge in [0.1, 0.15) is 0 Å². The molecule has 7 heteroatoms. The molecule has 0 amide bonds. The van der Waals surface area contributed by atoms with Crippen LogP contribution < -0.4 is 4.72 Å². The molecule has 0 heterocycles. The lowest BCUT2D eigenvalue weighted by atomic mass is 10.8. The van der Waals surface area contributed by atoms with Crippen LogP contribution in [0.5, 0.6) is 0 Å². The number of nitrogens with one attached hydrogen (secondary N) is 1. The van der Waals surface area contributed by atoms with Crippen LogP contribution in [-0.4, -0.2) is 29.8 Å². The SMILES string of the molecule is O=S(O)CCNS(=O)O. The highest BCUT2D eigenvalue weighted by atomic mass is 32.2. The van der Waals surface area contributed by atoms with Crippen molar-refractivity contribution < 1.29 is 17.5 Å². The molecule has 0 fully saturated rings. The van der Waals surface area contributed by atoms with E-state index in [1.165, 1.54) is 0 Å². The van der Waals surface area contributed by atoms with Crippen molar-refractivity contribution in [2.24, 2.45) is 0 Å². The van der Waals surface area contributed by atoms with E-state index in [9.17, 15) is 8.42 Å². The van der Waals surface area contributed by atoms with E-state index in [-0.39, 0.29) is 12.3 Å². The predicted octanol–water partition coefficient (Wildman–Crippen LogP) is -1.07. The molecule has 0 aliphatic rings. The third-order valence-electron chi connectivity index (χ3n) is 0.502. The zero-order chi connectivity index (χ0) is 7.28. The first-order valence-corrected chi connectivity index (χ1v) is 4.43. The number of rotatable bonds is 4. The van der Waals surface area contributed by atoms with E-state index in [2.05, 4.69) is 4.72 Å². The summed E-state index contributed by atoms with van der Waals surface area (Å²) in [7, 11) is 0. The Balaban J connectivity index is 3.10. The number of hydrogen-bond donors (Lipinski definition) is 3. The van der Waals surface area contributed by atoms with Gasteiger partial charge in [0.15, 0.2) is 11.1 Å². The van der Waals surface area contributed by atoms with Crippen molar-refractivity contribution in [1.29, 1.82) is 0 Å². The van der Waals surface area contributed by atoms with Crippen LogP contribution in [0, 0.1) is 0 Å². The van der Waals surface area contributed by atoms with Crippen LogP contribution in [0.2, 0.25) is 0 Å². The first kappa shape index (κ1) is 9.18. The van der Waals surface area contributed by atoms with Gasteiger partial charge < -0.3 is 4.55 Å². The zero-order valence-electron chi connectivity index (χ0n) is 4.44. The van der Waals surface area contributed by atoms with Crippen molar-refractivity contribution in [2.75, 3.05) is 12.3 Å². The lowest BCUT2D eigenvalue weighted by Crippen LogP contribution is -2.21. The van der Waals surface area contributed by atoms with E-state index in [0.29, 0.717) is 0 Å². The van der Waals surface area contributed by atoms with Gasteiger partial charge in [-0.15, -0.1) is 0 Å². The Hall–Kier alpha value is 0.180. The van der Waals surface area contributed by atoms with Crippen LogP contribution in [0.25, 0.3) is 0 Å². The summed E-state index contributed by atoms with van der Waals surface area (Å²) in [6.45, 7) is 0.0617. The van der Waals surface area contributed by atoms with Crippen molar-refractivity contribution in [3.05, 3.63) is 0 Å². The maximum atomic E-state index is 9.87. The Morgan fingerprint density at radius 3 is 2.22 bits per heavy atom. The molecule has 3 N–H and O–H groups in total. The first-order chi connectivity index (χ1) is 4.13. The van der Waals surface area contributed by atoms with Crippen LogP contribution in [0.3, 0.4) is 0 Å². The van der Waals surface area contributed by atoms with Gasteiger partial charge in [-0.2, -0.15) is 0 Å². The highest BCUT2D eigenvalue weighted by molar-refractivity contribution is 7.79. The average Bonchev–Trinajstić information content (AvgIpc) is 1.63. The minimum atomic E-state index is -2.08. The highest BCUT2D eigenvalue weighted by Gasteiger charge is 1.94. The fourth-order valence-corrected chi connectivity index (χ4v) is 0.899. The maximum absolute atomic E-state index is 9.87. The molecule has 0 aromatic carbocycles. The van der Waals surface area contributed by atoms with E-state index in [0.717, 1.165) is 0 Å². The highest BCUT2D eigenvalue weighted by Crippen LogP contribution is 1.70. The summed E-state index contributed by atoms with van der Waals surface area (Å²) in [5, 5.41) is 0. The topological polar surface area (TPSA) is 86.6 Å². The average molecular weight is 173 g/mol. The fraction of sp³-hybridized carbons (Fsp3) is 1.00. The van der Waals surface area contributed by atoms with Crippen molar-refractivity contribution in [2.45, 2.75) is 0 Å². The maximum Gasteiger partial charge on any atom is 0.231 e. The van der Waals surface area contributed by atoms with Gasteiger partial charge in [-0.3, -0.25) is 4.55 Å². The van der Waals surface area contributed by atoms with Gasteiger partial charge >= 0.3 is 0 Å². The molecule has 2 atom stereocenters. The lowest BCUT2D eigenvalue weighted by molar-refractivity contribution is 0.548. The van der Waals surface area contributed by atoms with Crippen molar-refractivity contribution in [1.82, 2.24) is 4.72 Å². The molecule has 0 bridgehead atoms. The summed E-state index contributed by atoms with van der Waals surface area (Å²) in [5.74, 6) is -0.0354. The smallest absolute Gasteiger partial charge is 0.231 e. The monoisotopic (exact) mass is 173 g/mol. The van der Waals surface area contributed by atoms with Crippen LogP contribution >= 0.6 is 0 Å². The van der Waals surface area contributed by atoms with Crippen LogP contribution in [0.15, 0.2) is 0 Å². The summed E-state index contributed by atoms with van der Waals surface area (Å²) in [5.41, 5.74) is 0. The van der Waals surface area contributed by atoms with Crippen LogP contribution in [-0.2, 0) is 22.3 Å². The quantitative estimate of drug-likeness (QED) is 0.473. The summed E-state index contributed by atoms with van der Waals surface area (Å²) in [6.07, 6.45) is 0. The van der Waals surface area contributed by atoms with E-state index in [4.69, 9.17) is 9.11 Å². The van der Waals surface area contributed by atoms with Crippen LogP contribution in [0.1, 0.15) is 0 Å². The molecule has 0 saturated carbocycles. The van der Waals surface area contributed by atoms with Gasteiger partial charge in [0.25, 0.3) is 0 Å². The molecular weight excluding hydrogens is 166 g/mol. The fourth-order valence-electron chi connectivity index (χ4n) is 0.216. The molecule has 0 aromatic rings. The van der Waals surface area contributed by atoms with Gasteiger partial charge in [0, 0.05) is 6.54 Å². The normalized spacial score (nSPS) is 17.1. The summed E-state index contributed by atoms with van der Waals surface area (Å²) >= 11 is -3.97. The second-order valence-electron chi connectivity index (χ2n) is 1.17. The summed E-state index contributed by atoms with van der Waals surface area (Å²) in [6, 6.07) is 0.